The fourth-order valence-electron chi connectivity index (χ4n) is 1.85. The fraction of sp³-hybridized carbons (Fsp3) is 0.200. The molecule has 18 heavy (non-hydrogen) atoms. The molecule has 0 N–H and O–H groups in total. The lowest BCUT2D eigenvalue weighted by Gasteiger charge is -2.18. The van der Waals surface area contributed by atoms with Crippen LogP contribution < -0.4 is 0 Å². The van der Waals surface area contributed by atoms with Gasteiger partial charge in [-0.2, -0.15) is 0 Å². The molecule has 0 bridgehead atoms. The van der Waals surface area contributed by atoms with Crippen molar-refractivity contribution < 1.29 is 4.74 Å². The fourth-order valence-corrected chi connectivity index (χ4v) is 2.16. The Morgan fingerprint density at radius 3 is 2.28 bits per heavy atom. The SMILES string of the molecule is CCOC(c1ccccc1)c1ccc(Cl)c(Cl)c1. The van der Waals surface area contributed by atoms with Gasteiger partial charge in [-0.3, -0.25) is 0 Å². The highest BCUT2D eigenvalue weighted by Gasteiger charge is 2.14. The number of hydrogen-bond donors (Lipinski definition) is 0. The number of hydrogen-bond acceptors (Lipinski definition) is 1. The summed E-state index contributed by atoms with van der Waals surface area (Å²) in [6.07, 6.45) is -0.106. The van der Waals surface area contributed by atoms with Crippen molar-refractivity contribution in [2.75, 3.05) is 6.61 Å². The zero-order valence-corrected chi connectivity index (χ0v) is 11.6. The summed E-state index contributed by atoms with van der Waals surface area (Å²) in [5.41, 5.74) is 2.12. The van der Waals surface area contributed by atoms with Crippen molar-refractivity contribution in [3.63, 3.8) is 0 Å². The Hall–Kier alpha value is -1.02. The number of rotatable bonds is 4. The van der Waals surface area contributed by atoms with Gasteiger partial charge in [0.05, 0.1) is 10.0 Å². The van der Waals surface area contributed by atoms with E-state index in [4.69, 9.17) is 27.9 Å². The molecule has 0 aliphatic rings. The average molecular weight is 281 g/mol. The Labute approximate surface area is 117 Å². The van der Waals surface area contributed by atoms with Gasteiger partial charge in [0.1, 0.15) is 6.10 Å². The van der Waals surface area contributed by atoms with Crippen molar-refractivity contribution in [2.24, 2.45) is 0 Å². The normalized spacial score (nSPS) is 12.4. The van der Waals surface area contributed by atoms with Gasteiger partial charge in [0.2, 0.25) is 0 Å². The maximum absolute atomic E-state index is 6.06. The lowest BCUT2D eigenvalue weighted by molar-refractivity contribution is 0.0913. The van der Waals surface area contributed by atoms with E-state index in [-0.39, 0.29) is 6.10 Å². The van der Waals surface area contributed by atoms with E-state index in [2.05, 4.69) is 0 Å². The summed E-state index contributed by atoms with van der Waals surface area (Å²) in [5.74, 6) is 0. The van der Waals surface area contributed by atoms with E-state index in [0.717, 1.165) is 11.1 Å². The second-order valence-electron chi connectivity index (χ2n) is 3.92. The highest BCUT2D eigenvalue weighted by Crippen LogP contribution is 2.30. The summed E-state index contributed by atoms with van der Waals surface area (Å²) in [5, 5.41) is 1.11. The van der Waals surface area contributed by atoms with Gasteiger partial charge in [-0.15, -0.1) is 0 Å². The lowest BCUT2D eigenvalue weighted by atomic mass is 10.0. The zero-order valence-electron chi connectivity index (χ0n) is 10.1. The molecule has 0 amide bonds. The quantitative estimate of drug-likeness (QED) is 0.755. The first-order valence-corrected chi connectivity index (χ1v) is 6.59. The molecule has 0 aliphatic carbocycles. The molecule has 1 unspecified atom stereocenters. The maximum atomic E-state index is 6.06. The smallest absolute Gasteiger partial charge is 0.108 e. The van der Waals surface area contributed by atoms with E-state index in [1.165, 1.54) is 0 Å². The van der Waals surface area contributed by atoms with Crippen molar-refractivity contribution in [2.45, 2.75) is 13.0 Å². The van der Waals surface area contributed by atoms with Crippen LogP contribution in [0.25, 0.3) is 0 Å². The predicted octanol–water partition coefficient (Wildman–Crippen LogP) is 5.12. The minimum absolute atomic E-state index is 0.106. The topological polar surface area (TPSA) is 9.23 Å². The first kappa shape index (κ1) is 13.4. The molecule has 0 fully saturated rings. The molecule has 0 aromatic heterocycles. The van der Waals surface area contributed by atoms with Gasteiger partial charge in [0.25, 0.3) is 0 Å². The van der Waals surface area contributed by atoms with Crippen LogP contribution in [0, 0.1) is 0 Å². The number of benzene rings is 2. The van der Waals surface area contributed by atoms with Gasteiger partial charge in [-0.05, 0) is 30.2 Å². The Morgan fingerprint density at radius 2 is 1.67 bits per heavy atom. The highest BCUT2D eigenvalue weighted by molar-refractivity contribution is 6.42. The highest BCUT2D eigenvalue weighted by atomic mass is 35.5. The minimum atomic E-state index is -0.106. The molecule has 1 nitrogen and oxygen atoms in total. The van der Waals surface area contributed by atoms with Crippen LogP contribution in [0.2, 0.25) is 10.0 Å². The molecular formula is C15H14Cl2O. The van der Waals surface area contributed by atoms with Gasteiger partial charge >= 0.3 is 0 Å². The molecule has 0 heterocycles. The molecule has 2 aromatic rings. The van der Waals surface area contributed by atoms with E-state index in [9.17, 15) is 0 Å². The van der Waals surface area contributed by atoms with Crippen molar-refractivity contribution >= 4 is 23.2 Å². The average Bonchev–Trinajstić information content (AvgIpc) is 2.40. The van der Waals surface area contributed by atoms with Crippen LogP contribution in [0.5, 0.6) is 0 Å². The predicted molar refractivity (Wildman–Crippen MR) is 76.4 cm³/mol. The molecular weight excluding hydrogens is 267 g/mol. The van der Waals surface area contributed by atoms with Crippen molar-refractivity contribution in [3.8, 4) is 0 Å². The first-order valence-electron chi connectivity index (χ1n) is 5.84. The number of ether oxygens (including phenoxy) is 1. The third-order valence-corrected chi connectivity index (χ3v) is 3.42. The zero-order chi connectivity index (χ0) is 13.0. The van der Waals surface area contributed by atoms with Gasteiger partial charge in [-0.1, -0.05) is 59.6 Å². The molecule has 0 radical (unpaired) electrons. The van der Waals surface area contributed by atoms with Crippen molar-refractivity contribution in [3.05, 3.63) is 69.7 Å². The molecule has 3 heteroatoms. The Balaban J connectivity index is 2.38. The van der Waals surface area contributed by atoms with E-state index in [0.29, 0.717) is 16.7 Å². The van der Waals surface area contributed by atoms with E-state index in [1.54, 1.807) is 6.07 Å². The summed E-state index contributed by atoms with van der Waals surface area (Å²) in [6, 6.07) is 15.7. The van der Waals surface area contributed by atoms with Crippen LogP contribution in [0.15, 0.2) is 48.5 Å². The summed E-state index contributed by atoms with van der Waals surface area (Å²) < 4.78 is 5.81. The van der Waals surface area contributed by atoms with Crippen LogP contribution in [-0.2, 0) is 4.74 Å². The molecule has 94 valence electrons. The van der Waals surface area contributed by atoms with E-state index < -0.39 is 0 Å². The largest absolute Gasteiger partial charge is 0.369 e. The van der Waals surface area contributed by atoms with E-state index >= 15 is 0 Å². The molecule has 1 atom stereocenters. The maximum Gasteiger partial charge on any atom is 0.108 e. The molecule has 0 aliphatic heterocycles. The van der Waals surface area contributed by atoms with Crippen LogP contribution >= 0.6 is 23.2 Å². The molecule has 2 aromatic carbocycles. The van der Waals surface area contributed by atoms with Gasteiger partial charge < -0.3 is 4.74 Å². The third kappa shape index (κ3) is 3.05. The lowest BCUT2D eigenvalue weighted by Crippen LogP contribution is -2.06. The first-order chi connectivity index (χ1) is 8.72. The van der Waals surface area contributed by atoms with Crippen LogP contribution in [0.1, 0.15) is 24.2 Å². The van der Waals surface area contributed by atoms with Gasteiger partial charge in [0.15, 0.2) is 0 Å². The monoisotopic (exact) mass is 280 g/mol. The van der Waals surface area contributed by atoms with Crippen LogP contribution in [0.4, 0.5) is 0 Å². The Morgan fingerprint density at radius 1 is 0.944 bits per heavy atom. The minimum Gasteiger partial charge on any atom is -0.369 e. The molecule has 0 saturated carbocycles. The standard InChI is InChI=1S/C15H14Cl2O/c1-2-18-15(11-6-4-3-5-7-11)12-8-9-13(16)14(17)10-12/h3-10,15H,2H2,1H3. The van der Waals surface area contributed by atoms with Gasteiger partial charge in [-0.25, -0.2) is 0 Å². The molecule has 2 rings (SSSR count). The van der Waals surface area contributed by atoms with Crippen LogP contribution in [0.3, 0.4) is 0 Å². The summed E-state index contributed by atoms with van der Waals surface area (Å²) in [4.78, 5) is 0. The summed E-state index contributed by atoms with van der Waals surface area (Å²) in [7, 11) is 0. The second kappa shape index (κ2) is 6.24. The van der Waals surface area contributed by atoms with Crippen LogP contribution in [-0.4, -0.2) is 6.61 Å². The van der Waals surface area contributed by atoms with Crippen molar-refractivity contribution in [1.82, 2.24) is 0 Å². The summed E-state index contributed by atoms with van der Waals surface area (Å²) >= 11 is 12.0. The second-order valence-corrected chi connectivity index (χ2v) is 4.73. The number of halogens is 2. The van der Waals surface area contributed by atoms with Crippen molar-refractivity contribution in [1.29, 1.82) is 0 Å². The Kier molecular flexibility index (Phi) is 4.65. The Bertz CT molecular complexity index is 511. The van der Waals surface area contributed by atoms with Gasteiger partial charge in [0, 0.05) is 6.61 Å². The summed E-state index contributed by atoms with van der Waals surface area (Å²) in [6.45, 7) is 2.62. The molecule has 0 saturated heterocycles. The third-order valence-electron chi connectivity index (χ3n) is 2.68. The van der Waals surface area contributed by atoms with E-state index in [1.807, 2.05) is 49.4 Å². The molecule has 0 spiro atoms.